The molecule has 2 N–H and O–H groups in total. The fraction of sp³-hybridized carbons (Fsp3) is 0.333. The molecule has 1 amide bonds. The molecule has 0 saturated carbocycles. The van der Waals surface area contributed by atoms with Crippen LogP contribution >= 0.6 is 0 Å². The van der Waals surface area contributed by atoms with Crippen LogP contribution in [-0.2, 0) is 16.0 Å². The number of esters is 1. The highest BCUT2D eigenvalue weighted by atomic mass is 19.1. The zero-order chi connectivity index (χ0) is 17.7. The van der Waals surface area contributed by atoms with Gasteiger partial charge >= 0.3 is 5.97 Å². The summed E-state index contributed by atoms with van der Waals surface area (Å²) < 4.78 is 18.2. The molecule has 0 atom stereocenters. The van der Waals surface area contributed by atoms with Gasteiger partial charge in [-0.3, -0.25) is 4.79 Å². The number of carbonyl (C=O) groups is 2. The van der Waals surface area contributed by atoms with Gasteiger partial charge in [0.05, 0.1) is 12.2 Å². The van der Waals surface area contributed by atoms with Gasteiger partial charge < -0.3 is 15.0 Å². The molecule has 0 fully saturated rings. The molecule has 0 aliphatic carbocycles. The van der Waals surface area contributed by atoms with E-state index in [-0.39, 0.29) is 18.3 Å². The Morgan fingerprint density at radius 1 is 1.29 bits per heavy atom. The Bertz CT molecular complexity index is 753. The maximum absolute atomic E-state index is 13.1. The Labute approximate surface area is 140 Å². The van der Waals surface area contributed by atoms with E-state index in [0.717, 1.165) is 17.0 Å². The molecule has 24 heavy (non-hydrogen) atoms. The van der Waals surface area contributed by atoms with E-state index in [4.69, 9.17) is 4.74 Å². The molecule has 2 rings (SSSR count). The van der Waals surface area contributed by atoms with Crippen molar-refractivity contribution in [2.45, 2.75) is 33.6 Å². The number of amides is 1. The van der Waals surface area contributed by atoms with Gasteiger partial charge in [-0.2, -0.15) is 0 Å². The summed E-state index contributed by atoms with van der Waals surface area (Å²) in [7, 11) is 0. The van der Waals surface area contributed by atoms with Crippen molar-refractivity contribution in [2.75, 3.05) is 11.9 Å². The number of carbonyl (C=O) groups excluding carboxylic acids is 2. The van der Waals surface area contributed by atoms with E-state index in [1.807, 2.05) is 6.92 Å². The van der Waals surface area contributed by atoms with Gasteiger partial charge in [-0.1, -0.05) is 6.07 Å². The first-order valence-corrected chi connectivity index (χ1v) is 7.83. The van der Waals surface area contributed by atoms with E-state index in [0.29, 0.717) is 24.3 Å². The molecule has 2 aromatic rings. The average Bonchev–Trinajstić information content (AvgIpc) is 2.79. The number of H-pyrrole nitrogens is 1. The largest absolute Gasteiger partial charge is 0.462 e. The highest BCUT2D eigenvalue weighted by molar-refractivity contribution is 5.93. The third-order valence-corrected chi connectivity index (χ3v) is 3.73. The number of hydrogen-bond acceptors (Lipinski definition) is 3. The Morgan fingerprint density at radius 2 is 2.04 bits per heavy atom. The van der Waals surface area contributed by atoms with Gasteiger partial charge in [0.2, 0.25) is 5.91 Å². The van der Waals surface area contributed by atoms with E-state index < -0.39 is 5.82 Å². The molecule has 0 aliphatic heterocycles. The Hall–Kier alpha value is -2.63. The van der Waals surface area contributed by atoms with Crippen molar-refractivity contribution in [3.05, 3.63) is 52.6 Å². The van der Waals surface area contributed by atoms with Crippen LogP contribution in [-0.4, -0.2) is 23.5 Å². The number of ether oxygens (including phenoxy) is 1. The zero-order valence-electron chi connectivity index (χ0n) is 14.0. The van der Waals surface area contributed by atoms with Crippen LogP contribution in [0.25, 0.3) is 0 Å². The predicted octanol–water partition coefficient (Wildman–Crippen LogP) is 3.52. The third kappa shape index (κ3) is 4.22. The first kappa shape index (κ1) is 17.7. The molecule has 0 spiro atoms. The van der Waals surface area contributed by atoms with Crippen LogP contribution < -0.4 is 5.32 Å². The van der Waals surface area contributed by atoms with E-state index in [9.17, 15) is 14.0 Å². The lowest BCUT2D eigenvalue weighted by molar-refractivity contribution is -0.116. The van der Waals surface area contributed by atoms with Gasteiger partial charge in [-0.05, 0) is 51.0 Å². The highest BCUT2D eigenvalue weighted by Crippen LogP contribution is 2.20. The Balaban J connectivity index is 2.00. The van der Waals surface area contributed by atoms with Crippen LogP contribution in [0.4, 0.5) is 10.1 Å². The second-order valence-corrected chi connectivity index (χ2v) is 5.51. The van der Waals surface area contributed by atoms with E-state index in [2.05, 4.69) is 10.3 Å². The fourth-order valence-corrected chi connectivity index (χ4v) is 2.60. The van der Waals surface area contributed by atoms with E-state index >= 15 is 0 Å². The fourth-order valence-electron chi connectivity index (χ4n) is 2.60. The summed E-state index contributed by atoms with van der Waals surface area (Å²) in [5, 5.41) is 2.65. The van der Waals surface area contributed by atoms with Crippen molar-refractivity contribution in [1.82, 2.24) is 4.98 Å². The zero-order valence-corrected chi connectivity index (χ0v) is 14.0. The molecular formula is C18H21FN2O3. The van der Waals surface area contributed by atoms with Crippen LogP contribution in [0.15, 0.2) is 24.3 Å². The monoisotopic (exact) mass is 332 g/mol. The molecular weight excluding hydrogens is 311 g/mol. The summed E-state index contributed by atoms with van der Waals surface area (Å²) >= 11 is 0. The van der Waals surface area contributed by atoms with Gasteiger partial charge in [0.25, 0.3) is 0 Å². The number of halogens is 1. The molecule has 5 nitrogen and oxygen atoms in total. The first-order valence-electron chi connectivity index (χ1n) is 7.83. The van der Waals surface area contributed by atoms with Gasteiger partial charge in [0.1, 0.15) is 5.82 Å². The number of nitrogens with one attached hydrogen (secondary N) is 2. The Morgan fingerprint density at radius 3 is 2.71 bits per heavy atom. The van der Waals surface area contributed by atoms with Gasteiger partial charge in [0.15, 0.2) is 0 Å². The third-order valence-electron chi connectivity index (χ3n) is 3.73. The summed E-state index contributed by atoms with van der Waals surface area (Å²) in [5.74, 6) is -0.980. The summed E-state index contributed by atoms with van der Waals surface area (Å²) in [6.45, 7) is 5.70. The van der Waals surface area contributed by atoms with Crippen LogP contribution in [0.1, 0.15) is 40.7 Å². The lowest BCUT2D eigenvalue weighted by Crippen LogP contribution is -2.13. The summed E-state index contributed by atoms with van der Waals surface area (Å²) in [6, 6.07) is 5.75. The maximum Gasteiger partial charge on any atom is 0.340 e. The van der Waals surface area contributed by atoms with Crippen LogP contribution in [0.2, 0.25) is 0 Å². The second-order valence-electron chi connectivity index (χ2n) is 5.51. The standard InChI is InChI=1S/C18H21FN2O3/c1-4-24-18(23)17-11(2)15(20-12(17)3)8-9-16(22)21-14-7-5-6-13(19)10-14/h5-7,10,20H,4,8-9H2,1-3H3,(H,21,22). The first-order chi connectivity index (χ1) is 11.4. The minimum atomic E-state index is -0.400. The number of anilines is 1. The molecule has 1 heterocycles. The second kappa shape index (κ2) is 7.77. The van der Waals surface area contributed by atoms with Gasteiger partial charge in [-0.25, -0.2) is 9.18 Å². The predicted molar refractivity (Wildman–Crippen MR) is 89.6 cm³/mol. The molecule has 0 unspecified atom stereocenters. The molecule has 1 aromatic heterocycles. The maximum atomic E-state index is 13.1. The lowest BCUT2D eigenvalue weighted by Gasteiger charge is -2.05. The number of aryl methyl sites for hydroxylation is 2. The molecule has 0 bridgehead atoms. The van der Waals surface area contributed by atoms with Crippen LogP contribution in [0.3, 0.4) is 0 Å². The molecule has 1 aromatic carbocycles. The number of rotatable bonds is 6. The SMILES string of the molecule is CCOC(=O)c1c(C)[nH]c(CCC(=O)Nc2cccc(F)c2)c1C. The average molecular weight is 332 g/mol. The minimum Gasteiger partial charge on any atom is -0.462 e. The number of aromatic nitrogens is 1. The quantitative estimate of drug-likeness (QED) is 0.795. The molecule has 128 valence electrons. The van der Waals surface area contributed by atoms with Crippen molar-refractivity contribution >= 4 is 17.6 Å². The Kier molecular flexibility index (Phi) is 5.73. The number of hydrogen-bond donors (Lipinski definition) is 2. The normalized spacial score (nSPS) is 10.5. The van der Waals surface area contributed by atoms with Crippen LogP contribution in [0, 0.1) is 19.7 Å². The van der Waals surface area contributed by atoms with Crippen molar-refractivity contribution in [1.29, 1.82) is 0 Å². The van der Waals surface area contributed by atoms with Crippen LogP contribution in [0.5, 0.6) is 0 Å². The van der Waals surface area contributed by atoms with Crippen molar-refractivity contribution in [3.63, 3.8) is 0 Å². The highest BCUT2D eigenvalue weighted by Gasteiger charge is 2.19. The van der Waals surface area contributed by atoms with E-state index in [1.165, 1.54) is 18.2 Å². The lowest BCUT2D eigenvalue weighted by atomic mass is 10.1. The van der Waals surface area contributed by atoms with Gasteiger partial charge in [0, 0.05) is 23.5 Å². The topological polar surface area (TPSA) is 71.2 Å². The number of benzene rings is 1. The van der Waals surface area contributed by atoms with Gasteiger partial charge in [-0.15, -0.1) is 0 Å². The van der Waals surface area contributed by atoms with Crippen molar-refractivity contribution in [3.8, 4) is 0 Å². The smallest absolute Gasteiger partial charge is 0.340 e. The molecule has 6 heteroatoms. The minimum absolute atomic E-state index is 0.218. The van der Waals surface area contributed by atoms with Crippen molar-refractivity contribution in [2.24, 2.45) is 0 Å². The molecule has 0 radical (unpaired) electrons. The van der Waals surface area contributed by atoms with E-state index in [1.54, 1.807) is 19.9 Å². The van der Waals surface area contributed by atoms with Crippen molar-refractivity contribution < 1.29 is 18.7 Å². The summed E-state index contributed by atoms with van der Waals surface area (Å²) in [5.41, 5.74) is 3.30. The molecule has 0 aliphatic rings. The number of aromatic amines is 1. The summed E-state index contributed by atoms with van der Waals surface area (Å²) in [6.07, 6.45) is 0.673. The summed E-state index contributed by atoms with van der Waals surface area (Å²) in [4.78, 5) is 27.1. The molecule has 0 saturated heterocycles.